The highest BCUT2D eigenvalue weighted by molar-refractivity contribution is 5.97. The Labute approximate surface area is 166 Å². The first-order valence-electron chi connectivity index (χ1n) is 8.98. The topological polar surface area (TPSA) is 64.6 Å². The van der Waals surface area contributed by atoms with E-state index in [1.807, 2.05) is 13.8 Å². The molecule has 2 aromatic carbocycles. The van der Waals surface area contributed by atoms with E-state index in [2.05, 4.69) is 5.32 Å². The van der Waals surface area contributed by atoms with E-state index in [0.717, 1.165) is 24.3 Å². The van der Waals surface area contributed by atoms with Crippen LogP contribution in [0.2, 0.25) is 0 Å². The summed E-state index contributed by atoms with van der Waals surface area (Å²) in [6.07, 6.45) is -5.59. The molecule has 0 aliphatic heterocycles. The van der Waals surface area contributed by atoms with Crippen molar-refractivity contribution >= 4 is 17.6 Å². The van der Waals surface area contributed by atoms with E-state index in [-0.39, 0.29) is 11.3 Å². The summed E-state index contributed by atoms with van der Waals surface area (Å²) < 4.78 is 48.3. The highest BCUT2D eigenvalue weighted by Crippen LogP contribution is 2.29. The molecule has 8 heteroatoms. The minimum Gasteiger partial charge on any atom is -0.493 e. The number of benzene rings is 2. The lowest BCUT2D eigenvalue weighted by Gasteiger charge is -2.14. The van der Waals surface area contributed by atoms with Gasteiger partial charge >= 0.3 is 12.1 Å². The Morgan fingerprint density at radius 3 is 2.07 bits per heavy atom. The molecule has 0 aliphatic carbocycles. The van der Waals surface area contributed by atoms with Gasteiger partial charge in [0.1, 0.15) is 5.75 Å². The van der Waals surface area contributed by atoms with E-state index >= 15 is 0 Å². The number of ether oxygens (including phenoxy) is 2. The molecule has 29 heavy (non-hydrogen) atoms. The van der Waals surface area contributed by atoms with Gasteiger partial charge < -0.3 is 14.8 Å². The van der Waals surface area contributed by atoms with Crippen molar-refractivity contribution in [2.75, 3.05) is 11.9 Å². The number of halogens is 3. The monoisotopic (exact) mass is 409 g/mol. The molecule has 0 saturated carbocycles. The van der Waals surface area contributed by atoms with Gasteiger partial charge in [0.25, 0.3) is 5.91 Å². The molecule has 0 aromatic heterocycles. The zero-order valence-electron chi connectivity index (χ0n) is 16.2. The summed E-state index contributed by atoms with van der Waals surface area (Å²) >= 11 is 0. The third kappa shape index (κ3) is 6.81. The molecule has 0 aliphatic rings. The van der Waals surface area contributed by atoms with E-state index in [4.69, 9.17) is 9.47 Å². The normalized spacial score (nSPS) is 12.4. The summed E-state index contributed by atoms with van der Waals surface area (Å²) in [5.74, 6) is -0.377. The third-order valence-electron chi connectivity index (χ3n) is 3.81. The van der Waals surface area contributed by atoms with Crippen molar-refractivity contribution in [1.29, 1.82) is 0 Å². The van der Waals surface area contributed by atoms with Crippen LogP contribution in [0, 0.1) is 5.92 Å². The quantitative estimate of drug-likeness (QED) is 0.659. The van der Waals surface area contributed by atoms with Crippen molar-refractivity contribution in [3.8, 4) is 5.75 Å². The fourth-order valence-corrected chi connectivity index (χ4v) is 2.22. The lowest BCUT2D eigenvalue weighted by atomic mass is 10.2. The predicted molar refractivity (Wildman–Crippen MR) is 102 cm³/mol. The molecule has 2 rings (SSSR count). The average molecular weight is 409 g/mol. The van der Waals surface area contributed by atoms with Crippen LogP contribution >= 0.6 is 0 Å². The molecule has 0 spiro atoms. The molecular formula is C21H22F3NO4. The molecule has 0 unspecified atom stereocenters. The van der Waals surface area contributed by atoms with Crippen LogP contribution in [0.4, 0.5) is 18.9 Å². The molecule has 1 N–H and O–H groups in total. The minimum atomic E-state index is -4.46. The van der Waals surface area contributed by atoms with Crippen molar-refractivity contribution < 1.29 is 32.2 Å². The molecule has 0 fully saturated rings. The first-order chi connectivity index (χ1) is 13.6. The fourth-order valence-electron chi connectivity index (χ4n) is 2.22. The smallest absolute Gasteiger partial charge is 0.416 e. The predicted octanol–water partition coefficient (Wildman–Crippen LogP) is 4.92. The number of alkyl halides is 3. The van der Waals surface area contributed by atoms with Gasteiger partial charge in [0.2, 0.25) is 0 Å². The number of hydrogen-bond acceptors (Lipinski definition) is 4. The lowest BCUT2D eigenvalue weighted by molar-refractivity contribution is -0.137. The summed E-state index contributed by atoms with van der Waals surface area (Å²) in [6.45, 7) is 5.95. The van der Waals surface area contributed by atoms with E-state index in [0.29, 0.717) is 18.3 Å². The largest absolute Gasteiger partial charge is 0.493 e. The van der Waals surface area contributed by atoms with E-state index < -0.39 is 29.7 Å². The Hall–Kier alpha value is -3.03. The van der Waals surface area contributed by atoms with Gasteiger partial charge in [-0.1, -0.05) is 13.8 Å². The number of nitrogens with one attached hydrogen (secondary N) is 1. The van der Waals surface area contributed by atoms with Crippen molar-refractivity contribution in [3.63, 3.8) is 0 Å². The summed E-state index contributed by atoms with van der Waals surface area (Å²) in [6, 6.07) is 10.3. The molecule has 0 heterocycles. The van der Waals surface area contributed by atoms with Gasteiger partial charge in [-0.2, -0.15) is 13.2 Å². The number of anilines is 1. The maximum atomic E-state index is 12.6. The Bertz CT molecular complexity index is 830. The van der Waals surface area contributed by atoms with E-state index in [1.165, 1.54) is 19.1 Å². The third-order valence-corrected chi connectivity index (χ3v) is 3.81. The van der Waals surface area contributed by atoms with Crippen LogP contribution in [0.1, 0.15) is 36.7 Å². The van der Waals surface area contributed by atoms with Crippen LogP contribution in [-0.4, -0.2) is 24.6 Å². The van der Waals surface area contributed by atoms with Crippen molar-refractivity contribution in [3.05, 3.63) is 59.7 Å². The van der Waals surface area contributed by atoms with Gasteiger partial charge in [0.05, 0.1) is 17.7 Å². The van der Waals surface area contributed by atoms with Crippen LogP contribution in [0.5, 0.6) is 5.75 Å². The van der Waals surface area contributed by atoms with Crippen molar-refractivity contribution in [1.82, 2.24) is 0 Å². The fraction of sp³-hybridized carbons (Fsp3) is 0.333. The molecule has 0 saturated heterocycles. The maximum Gasteiger partial charge on any atom is 0.416 e. The standard InChI is InChI=1S/C21H22F3NO4/c1-13(2)12-28-18-10-4-15(5-11-18)20(27)29-14(3)19(26)25-17-8-6-16(7-9-17)21(22,23)24/h4-11,13-14H,12H2,1-3H3,(H,25,26)/t14-/m0/s1. The highest BCUT2D eigenvalue weighted by atomic mass is 19.4. The molecule has 1 atom stereocenters. The van der Waals surface area contributed by atoms with Crippen LogP contribution in [-0.2, 0) is 15.7 Å². The van der Waals surface area contributed by atoms with Gasteiger partial charge in [-0.3, -0.25) is 4.79 Å². The lowest BCUT2D eigenvalue weighted by Crippen LogP contribution is -2.30. The summed E-state index contributed by atoms with van der Waals surface area (Å²) in [4.78, 5) is 24.3. The van der Waals surface area contributed by atoms with E-state index in [9.17, 15) is 22.8 Å². The highest BCUT2D eigenvalue weighted by Gasteiger charge is 2.30. The van der Waals surface area contributed by atoms with Gasteiger partial charge in [-0.05, 0) is 61.4 Å². The molecule has 1 amide bonds. The molecule has 156 valence electrons. The Morgan fingerprint density at radius 2 is 1.55 bits per heavy atom. The van der Waals surface area contributed by atoms with Crippen LogP contribution < -0.4 is 10.1 Å². The number of esters is 1. The molecule has 2 aromatic rings. The molecule has 0 radical (unpaired) electrons. The minimum absolute atomic E-state index is 0.164. The van der Waals surface area contributed by atoms with Gasteiger partial charge in [-0.25, -0.2) is 4.79 Å². The van der Waals surface area contributed by atoms with Crippen molar-refractivity contribution in [2.45, 2.75) is 33.1 Å². The zero-order chi connectivity index (χ0) is 21.6. The Kier molecular flexibility index (Phi) is 7.25. The van der Waals surface area contributed by atoms with Gasteiger partial charge in [-0.15, -0.1) is 0 Å². The first kappa shape index (κ1) is 22.3. The molecule has 5 nitrogen and oxygen atoms in total. The van der Waals surface area contributed by atoms with Gasteiger partial charge in [0.15, 0.2) is 6.10 Å². The second-order valence-corrected chi connectivity index (χ2v) is 6.84. The average Bonchev–Trinajstić information content (AvgIpc) is 2.66. The van der Waals surface area contributed by atoms with Crippen LogP contribution in [0.15, 0.2) is 48.5 Å². The molecule has 0 bridgehead atoms. The first-order valence-corrected chi connectivity index (χ1v) is 8.98. The number of carbonyl (C=O) groups excluding carboxylic acids is 2. The number of hydrogen-bond donors (Lipinski definition) is 1. The van der Waals surface area contributed by atoms with E-state index in [1.54, 1.807) is 12.1 Å². The van der Waals surface area contributed by atoms with Gasteiger partial charge in [0, 0.05) is 5.69 Å². The van der Waals surface area contributed by atoms with Crippen molar-refractivity contribution in [2.24, 2.45) is 5.92 Å². The zero-order valence-corrected chi connectivity index (χ0v) is 16.2. The van der Waals surface area contributed by atoms with Crippen LogP contribution in [0.25, 0.3) is 0 Å². The SMILES string of the molecule is CC(C)COc1ccc(C(=O)O[C@@H](C)C(=O)Nc2ccc(C(F)(F)F)cc2)cc1. The Morgan fingerprint density at radius 1 is 0.966 bits per heavy atom. The second-order valence-electron chi connectivity index (χ2n) is 6.84. The number of amides is 1. The summed E-state index contributed by atoms with van der Waals surface area (Å²) in [5.41, 5.74) is -0.413. The maximum absolute atomic E-state index is 12.6. The number of rotatable bonds is 7. The molecular weight excluding hydrogens is 387 g/mol. The van der Waals surface area contributed by atoms with Crippen LogP contribution in [0.3, 0.4) is 0 Å². The number of carbonyl (C=O) groups is 2. The Balaban J connectivity index is 1.90. The second kappa shape index (κ2) is 9.45. The summed E-state index contributed by atoms with van der Waals surface area (Å²) in [5, 5.41) is 2.41. The summed E-state index contributed by atoms with van der Waals surface area (Å²) in [7, 11) is 0.